The molecule has 3 atom stereocenters. The molecule has 0 spiro atoms. The lowest BCUT2D eigenvalue weighted by Crippen LogP contribution is -2.54. The van der Waals surface area contributed by atoms with Gasteiger partial charge in [0.1, 0.15) is 12.0 Å². The Labute approximate surface area is 210 Å². The molecule has 1 aliphatic carbocycles. The standard InChI is InChI=1S/C26H33ClFN5O2/c1-33-13-22(15-5-8-19(29)9-6-15)31-24(25(33)30)17-7-10-20(21(28)12-17)26(35)32-23(14-34)16-3-2-4-18(27)11-16/h2-4,7,10-12,15,19,22-23,25,34H,5-6,8-9,13-14,29-30H2,1H3,(H,32,35)/t15?,19?,22?,23-,25?/m1/s1. The summed E-state index contributed by atoms with van der Waals surface area (Å²) in [7, 11) is 1.95. The third kappa shape index (κ3) is 5.90. The number of hydrogen-bond acceptors (Lipinski definition) is 6. The zero-order chi connectivity index (χ0) is 25.1. The minimum absolute atomic E-state index is 0.0799. The summed E-state index contributed by atoms with van der Waals surface area (Å²) >= 11 is 6.02. The number of rotatable bonds is 6. The summed E-state index contributed by atoms with van der Waals surface area (Å²) in [6.45, 7) is 0.400. The van der Waals surface area contributed by atoms with Crippen molar-refractivity contribution in [1.29, 1.82) is 0 Å². The molecule has 9 heteroatoms. The molecule has 0 saturated heterocycles. The first-order valence-electron chi connectivity index (χ1n) is 12.0. The summed E-state index contributed by atoms with van der Waals surface area (Å²) in [4.78, 5) is 19.8. The minimum atomic E-state index is -0.713. The van der Waals surface area contributed by atoms with Crippen LogP contribution in [0.3, 0.4) is 0 Å². The van der Waals surface area contributed by atoms with Crippen molar-refractivity contribution in [1.82, 2.24) is 10.2 Å². The van der Waals surface area contributed by atoms with E-state index in [1.54, 1.807) is 30.3 Å². The third-order valence-corrected chi connectivity index (χ3v) is 7.38. The van der Waals surface area contributed by atoms with Crippen molar-refractivity contribution < 1.29 is 14.3 Å². The monoisotopic (exact) mass is 501 g/mol. The molecule has 1 saturated carbocycles. The van der Waals surface area contributed by atoms with Gasteiger partial charge in [0.2, 0.25) is 0 Å². The Morgan fingerprint density at radius 1 is 1.23 bits per heavy atom. The Hall–Kier alpha value is -2.36. The fraction of sp³-hybridized carbons (Fsp3) is 0.462. The summed E-state index contributed by atoms with van der Waals surface area (Å²) in [6, 6.07) is 10.9. The molecule has 1 aliphatic heterocycles. The molecule has 0 bridgehead atoms. The van der Waals surface area contributed by atoms with E-state index >= 15 is 4.39 Å². The van der Waals surface area contributed by atoms with Gasteiger partial charge in [0.05, 0.1) is 30.0 Å². The van der Waals surface area contributed by atoms with Crippen molar-refractivity contribution >= 4 is 23.2 Å². The van der Waals surface area contributed by atoms with E-state index < -0.39 is 23.9 Å². The van der Waals surface area contributed by atoms with Crippen molar-refractivity contribution in [3.63, 3.8) is 0 Å². The van der Waals surface area contributed by atoms with Crippen LogP contribution in [0, 0.1) is 11.7 Å². The van der Waals surface area contributed by atoms with Crippen LogP contribution in [0.25, 0.3) is 0 Å². The van der Waals surface area contributed by atoms with E-state index in [4.69, 9.17) is 28.1 Å². The number of carbonyl (C=O) groups is 1. The summed E-state index contributed by atoms with van der Waals surface area (Å²) in [5, 5.41) is 12.9. The largest absolute Gasteiger partial charge is 0.394 e. The number of benzene rings is 2. The molecule has 2 aliphatic rings. The highest BCUT2D eigenvalue weighted by molar-refractivity contribution is 6.30. The van der Waals surface area contributed by atoms with Crippen LogP contribution in [-0.2, 0) is 0 Å². The second-order valence-corrected chi connectivity index (χ2v) is 10.0. The molecule has 2 unspecified atom stereocenters. The minimum Gasteiger partial charge on any atom is -0.394 e. The van der Waals surface area contributed by atoms with Gasteiger partial charge in [0, 0.05) is 23.2 Å². The van der Waals surface area contributed by atoms with E-state index in [2.05, 4.69) is 5.32 Å². The summed E-state index contributed by atoms with van der Waals surface area (Å²) < 4.78 is 15.1. The van der Waals surface area contributed by atoms with E-state index in [1.165, 1.54) is 12.1 Å². The van der Waals surface area contributed by atoms with Crippen LogP contribution in [0.1, 0.15) is 53.2 Å². The zero-order valence-corrected chi connectivity index (χ0v) is 20.6. The number of carbonyl (C=O) groups excluding carboxylic acids is 1. The lowest BCUT2D eigenvalue weighted by atomic mass is 9.81. The van der Waals surface area contributed by atoms with Crippen LogP contribution < -0.4 is 16.8 Å². The Kier molecular flexibility index (Phi) is 8.19. The zero-order valence-electron chi connectivity index (χ0n) is 19.8. The summed E-state index contributed by atoms with van der Waals surface area (Å²) in [6.07, 6.45) is 3.57. The van der Waals surface area contributed by atoms with E-state index in [1.807, 2.05) is 11.9 Å². The van der Waals surface area contributed by atoms with Gasteiger partial charge in [0.25, 0.3) is 5.91 Å². The van der Waals surface area contributed by atoms with Crippen molar-refractivity contribution in [2.24, 2.45) is 22.4 Å². The molecule has 1 amide bonds. The molecule has 2 aromatic carbocycles. The molecule has 35 heavy (non-hydrogen) atoms. The third-order valence-electron chi connectivity index (χ3n) is 7.14. The van der Waals surface area contributed by atoms with Gasteiger partial charge < -0.3 is 21.9 Å². The number of nitrogens with two attached hydrogens (primary N) is 2. The van der Waals surface area contributed by atoms with Gasteiger partial charge in [-0.2, -0.15) is 0 Å². The Morgan fingerprint density at radius 2 is 1.97 bits per heavy atom. The first-order valence-corrected chi connectivity index (χ1v) is 12.4. The predicted molar refractivity (Wildman–Crippen MR) is 136 cm³/mol. The van der Waals surface area contributed by atoms with Crippen molar-refractivity contribution in [3.8, 4) is 0 Å². The molecule has 188 valence electrons. The molecule has 7 nitrogen and oxygen atoms in total. The predicted octanol–water partition coefficient (Wildman–Crippen LogP) is 2.85. The number of nitrogens with zero attached hydrogens (tertiary/aromatic N) is 2. The van der Waals surface area contributed by atoms with E-state index in [0.29, 0.717) is 27.8 Å². The molecule has 2 aromatic rings. The smallest absolute Gasteiger partial charge is 0.254 e. The normalized spacial score (nSPS) is 26.2. The Balaban J connectivity index is 1.53. The van der Waals surface area contributed by atoms with Gasteiger partial charge in [-0.3, -0.25) is 14.7 Å². The number of aliphatic imine (C=N–C) groups is 1. The van der Waals surface area contributed by atoms with Gasteiger partial charge in [0.15, 0.2) is 0 Å². The van der Waals surface area contributed by atoms with Crippen LogP contribution in [0.4, 0.5) is 4.39 Å². The maximum atomic E-state index is 15.1. The second kappa shape index (κ2) is 11.1. The molecule has 6 N–H and O–H groups in total. The van der Waals surface area contributed by atoms with Gasteiger partial charge in [-0.05, 0) is 68.5 Å². The maximum Gasteiger partial charge on any atom is 0.254 e. The van der Waals surface area contributed by atoms with Crippen LogP contribution >= 0.6 is 11.6 Å². The summed E-state index contributed by atoms with van der Waals surface area (Å²) in [5.41, 5.74) is 14.2. The molecular weight excluding hydrogens is 469 g/mol. The molecule has 0 radical (unpaired) electrons. The van der Waals surface area contributed by atoms with Crippen LogP contribution in [0.2, 0.25) is 5.02 Å². The molecular formula is C26H33ClFN5O2. The quantitative estimate of drug-likeness (QED) is 0.485. The number of amides is 1. The number of halogens is 2. The first kappa shape index (κ1) is 25.7. The molecule has 1 heterocycles. The van der Waals surface area contributed by atoms with Crippen LogP contribution in [0.15, 0.2) is 47.5 Å². The lowest BCUT2D eigenvalue weighted by Gasteiger charge is -2.39. The van der Waals surface area contributed by atoms with Gasteiger partial charge in [-0.1, -0.05) is 29.8 Å². The van der Waals surface area contributed by atoms with Crippen molar-refractivity contribution in [2.75, 3.05) is 20.2 Å². The fourth-order valence-corrected chi connectivity index (χ4v) is 5.19. The number of likely N-dealkylation sites (N-methyl/N-ethyl adjacent to an activating group) is 1. The number of hydrogen-bond donors (Lipinski definition) is 4. The highest BCUT2D eigenvalue weighted by Crippen LogP contribution is 2.30. The van der Waals surface area contributed by atoms with E-state index in [-0.39, 0.29) is 24.3 Å². The topological polar surface area (TPSA) is 117 Å². The lowest BCUT2D eigenvalue weighted by molar-refractivity contribution is 0.0912. The molecule has 4 rings (SSSR count). The van der Waals surface area contributed by atoms with Gasteiger partial charge >= 0.3 is 0 Å². The number of aliphatic hydroxyl groups excluding tert-OH is 1. The Bertz CT molecular complexity index is 1090. The van der Waals surface area contributed by atoms with E-state index in [0.717, 1.165) is 32.2 Å². The maximum absolute atomic E-state index is 15.1. The highest BCUT2D eigenvalue weighted by atomic mass is 35.5. The average molecular weight is 502 g/mol. The molecule has 0 aromatic heterocycles. The first-order chi connectivity index (χ1) is 16.8. The second-order valence-electron chi connectivity index (χ2n) is 9.60. The highest BCUT2D eigenvalue weighted by Gasteiger charge is 2.33. The van der Waals surface area contributed by atoms with Crippen LogP contribution in [0.5, 0.6) is 0 Å². The molecule has 1 fully saturated rings. The van der Waals surface area contributed by atoms with Crippen molar-refractivity contribution in [2.45, 2.75) is 50.0 Å². The number of nitrogens with one attached hydrogen (secondary N) is 1. The Morgan fingerprint density at radius 3 is 2.63 bits per heavy atom. The average Bonchev–Trinajstić information content (AvgIpc) is 2.84. The summed E-state index contributed by atoms with van der Waals surface area (Å²) in [5.74, 6) is -0.876. The number of aliphatic hydroxyl groups is 1. The van der Waals surface area contributed by atoms with Crippen molar-refractivity contribution in [3.05, 3.63) is 70.0 Å². The SMILES string of the molecule is CN1CC(C2CCC(N)CC2)N=C(c2ccc(C(=O)N[C@H](CO)c3cccc(Cl)c3)c(F)c2)C1N. The van der Waals surface area contributed by atoms with Gasteiger partial charge in [-0.25, -0.2) is 4.39 Å². The van der Waals surface area contributed by atoms with E-state index in [9.17, 15) is 9.90 Å². The fourth-order valence-electron chi connectivity index (χ4n) is 5.00. The van der Waals surface area contributed by atoms with Gasteiger partial charge in [-0.15, -0.1) is 0 Å². The van der Waals surface area contributed by atoms with Crippen LogP contribution in [-0.4, -0.2) is 60.1 Å².